The Bertz CT molecular complexity index is 330. The van der Waals surface area contributed by atoms with Crippen molar-refractivity contribution in [3.8, 4) is 0 Å². The van der Waals surface area contributed by atoms with Gasteiger partial charge in [0.05, 0.1) is 4.91 Å². The van der Waals surface area contributed by atoms with Crippen LogP contribution >= 0.6 is 15.9 Å². The molecule has 0 aliphatic heterocycles. The Labute approximate surface area is 87.4 Å². The third-order valence-corrected chi connectivity index (χ3v) is 3.87. The Morgan fingerprint density at radius 3 is 2.31 bits per heavy atom. The molecule has 0 atom stereocenters. The Balaban J connectivity index is 5.23. The third kappa shape index (κ3) is 3.46. The fraction of sp³-hybridized carbons (Fsp3) is 0.250. The maximum Gasteiger partial charge on any atom is 0.241 e. The number of hydrogen-bond acceptors (Lipinski definition) is 2. The van der Waals surface area contributed by atoms with Crippen molar-refractivity contribution in [3.63, 3.8) is 0 Å². The van der Waals surface area contributed by atoms with Crippen LogP contribution < -0.4 is 4.72 Å². The molecule has 0 amide bonds. The first-order valence-corrected chi connectivity index (χ1v) is 5.91. The number of halogens is 1. The number of nitrogens with one attached hydrogen (secondary N) is 1. The number of rotatable bonds is 5. The molecule has 0 saturated heterocycles. The lowest BCUT2D eigenvalue weighted by molar-refractivity contribution is 0.591. The van der Waals surface area contributed by atoms with Gasteiger partial charge in [0.1, 0.15) is 0 Å². The highest BCUT2D eigenvalue weighted by Crippen LogP contribution is 2.18. The van der Waals surface area contributed by atoms with E-state index in [0.29, 0.717) is 11.0 Å². The summed E-state index contributed by atoms with van der Waals surface area (Å²) >= 11 is 3.08. The average Bonchev–Trinajstić information content (AvgIpc) is 2.04. The van der Waals surface area contributed by atoms with Gasteiger partial charge < -0.3 is 0 Å². The molecular formula is C8H12BrNO2S. The molecule has 3 nitrogen and oxygen atoms in total. The maximum atomic E-state index is 11.4. The third-order valence-electron chi connectivity index (χ3n) is 1.22. The van der Waals surface area contributed by atoms with Crippen molar-refractivity contribution in [2.75, 3.05) is 6.54 Å². The van der Waals surface area contributed by atoms with Gasteiger partial charge in [-0.05, 0) is 22.0 Å². The van der Waals surface area contributed by atoms with Crippen LogP contribution in [0.15, 0.2) is 34.7 Å². The normalized spacial score (nSPS) is 13.4. The van der Waals surface area contributed by atoms with E-state index in [-0.39, 0.29) is 4.91 Å². The molecule has 0 saturated carbocycles. The lowest BCUT2D eigenvalue weighted by atomic mass is 10.5. The Hall–Kier alpha value is -0.390. The van der Waals surface area contributed by atoms with Crippen molar-refractivity contribution < 1.29 is 8.42 Å². The average molecular weight is 266 g/mol. The van der Waals surface area contributed by atoms with Crippen molar-refractivity contribution in [3.05, 3.63) is 34.7 Å². The van der Waals surface area contributed by atoms with Crippen molar-refractivity contribution in [1.29, 1.82) is 0 Å². The second kappa shape index (κ2) is 5.36. The summed E-state index contributed by atoms with van der Waals surface area (Å²) in [6.45, 7) is 8.93. The van der Waals surface area contributed by atoms with Gasteiger partial charge in [-0.3, -0.25) is 0 Å². The highest BCUT2D eigenvalue weighted by molar-refractivity contribution is 9.12. The van der Waals surface area contributed by atoms with E-state index < -0.39 is 10.0 Å². The molecule has 0 aliphatic carbocycles. The molecule has 0 bridgehead atoms. The molecule has 0 heterocycles. The Morgan fingerprint density at radius 2 is 2.00 bits per heavy atom. The first-order chi connectivity index (χ1) is 5.99. The van der Waals surface area contributed by atoms with Crippen LogP contribution in [-0.4, -0.2) is 15.0 Å². The van der Waals surface area contributed by atoms with Gasteiger partial charge in [0.2, 0.25) is 10.0 Å². The van der Waals surface area contributed by atoms with E-state index in [1.807, 2.05) is 0 Å². The van der Waals surface area contributed by atoms with Crippen LogP contribution in [0.5, 0.6) is 0 Å². The zero-order chi connectivity index (χ0) is 10.5. The number of allylic oxidation sites excluding steroid dienone is 3. The molecule has 0 aromatic heterocycles. The van der Waals surface area contributed by atoms with Crippen LogP contribution in [0.4, 0.5) is 0 Å². The van der Waals surface area contributed by atoms with E-state index in [4.69, 9.17) is 0 Å². The van der Waals surface area contributed by atoms with E-state index in [0.717, 1.165) is 0 Å². The zero-order valence-electron chi connectivity index (χ0n) is 7.38. The number of sulfonamides is 1. The molecule has 0 aliphatic rings. The maximum absolute atomic E-state index is 11.4. The van der Waals surface area contributed by atoms with Gasteiger partial charge in [0, 0.05) is 11.0 Å². The first-order valence-electron chi connectivity index (χ1n) is 3.64. The van der Waals surface area contributed by atoms with Crippen molar-refractivity contribution >= 4 is 26.0 Å². The zero-order valence-corrected chi connectivity index (χ0v) is 9.78. The molecule has 1 N–H and O–H groups in total. The summed E-state index contributed by atoms with van der Waals surface area (Å²) in [4.78, 5) is 0.101. The van der Waals surface area contributed by atoms with Gasteiger partial charge in [-0.1, -0.05) is 26.2 Å². The molecule has 0 aromatic carbocycles. The van der Waals surface area contributed by atoms with Gasteiger partial charge in [0.15, 0.2) is 0 Å². The van der Waals surface area contributed by atoms with Crippen molar-refractivity contribution in [2.45, 2.75) is 6.92 Å². The molecule has 0 rings (SSSR count). The SMILES string of the molecule is C=C/C(Br)=C(\C=C)S(=O)(=O)NCC. The molecule has 0 unspecified atom stereocenters. The van der Waals surface area contributed by atoms with Gasteiger partial charge in [-0.2, -0.15) is 0 Å². The topological polar surface area (TPSA) is 46.2 Å². The molecular weight excluding hydrogens is 254 g/mol. The Kier molecular flexibility index (Phi) is 5.20. The summed E-state index contributed by atoms with van der Waals surface area (Å²) in [6, 6.07) is 0. The van der Waals surface area contributed by atoms with E-state index in [1.54, 1.807) is 6.92 Å². The monoisotopic (exact) mass is 265 g/mol. The van der Waals surface area contributed by atoms with Crippen LogP contribution in [0, 0.1) is 0 Å². The lowest BCUT2D eigenvalue weighted by Gasteiger charge is -2.05. The van der Waals surface area contributed by atoms with E-state index >= 15 is 0 Å². The first kappa shape index (κ1) is 12.6. The summed E-state index contributed by atoms with van der Waals surface area (Å²) < 4.78 is 25.6. The predicted octanol–water partition coefficient (Wildman–Crippen LogP) is 1.90. The molecule has 0 aromatic rings. The highest BCUT2D eigenvalue weighted by Gasteiger charge is 2.15. The van der Waals surface area contributed by atoms with E-state index in [1.165, 1.54) is 12.2 Å². The smallest absolute Gasteiger partial charge is 0.211 e. The van der Waals surface area contributed by atoms with Gasteiger partial charge >= 0.3 is 0 Å². The predicted molar refractivity (Wildman–Crippen MR) is 58.9 cm³/mol. The van der Waals surface area contributed by atoms with Crippen LogP contribution in [0.25, 0.3) is 0 Å². The molecule has 0 fully saturated rings. The highest BCUT2D eigenvalue weighted by atomic mass is 79.9. The molecule has 5 heteroatoms. The minimum atomic E-state index is -3.44. The fourth-order valence-electron chi connectivity index (χ4n) is 0.704. The minimum absolute atomic E-state index is 0.101. The van der Waals surface area contributed by atoms with Crippen LogP contribution in [0.2, 0.25) is 0 Å². The molecule has 0 spiro atoms. The van der Waals surface area contributed by atoms with Gasteiger partial charge in [0.25, 0.3) is 0 Å². The summed E-state index contributed by atoms with van der Waals surface area (Å²) in [5, 5.41) is 0. The molecule has 0 radical (unpaired) electrons. The van der Waals surface area contributed by atoms with E-state index in [2.05, 4.69) is 33.8 Å². The van der Waals surface area contributed by atoms with Gasteiger partial charge in [-0.25, -0.2) is 13.1 Å². The summed E-state index contributed by atoms with van der Waals surface area (Å²) in [6.07, 6.45) is 2.68. The quantitative estimate of drug-likeness (QED) is 0.772. The summed E-state index contributed by atoms with van der Waals surface area (Å²) in [7, 11) is -3.44. The van der Waals surface area contributed by atoms with Crippen LogP contribution in [0.1, 0.15) is 6.92 Å². The van der Waals surface area contributed by atoms with Crippen molar-refractivity contribution in [1.82, 2.24) is 4.72 Å². The molecule has 74 valence electrons. The van der Waals surface area contributed by atoms with Crippen molar-refractivity contribution in [2.24, 2.45) is 0 Å². The van der Waals surface area contributed by atoms with E-state index in [9.17, 15) is 8.42 Å². The fourth-order valence-corrected chi connectivity index (χ4v) is 2.60. The second-order valence-electron chi connectivity index (χ2n) is 2.12. The number of hydrogen-bond donors (Lipinski definition) is 1. The second-order valence-corrected chi connectivity index (χ2v) is 4.71. The summed E-state index contributed by atoms with van der Waals surface area (Å²) in [5.74, 6) is 0. The molecule has 13 heavy (non-hydrogen) atoms. The lowest BCUT2D eigenvalue weighted by Crippen LogP contribution is -2.24. The van der Waals surface area contributed by atoms with Gasteiger partial charge in [-0.15, -0.1) is 0 Å². The Morgan fingerprint density at radius 1 is 1.46 bits per heavy atom. The minimum Gasteiger partial charge on any atom is -0.211 e. The standard InChI is InChI=1S/C8H12BrNO2S/c1-4-7(9)8(5-2)13(11,12)10-6-3/h4-5,10H,1-2,6H2,3H3/b8-7-. The summed E-state index contributed by atoms with van der Waals surface area (Å²) in [5.41, 5.74) is 0. The van der Waals surface area contributed by atoms with Crippen LogP contribution in [-0.2, 0) is 10.0 Å². The van der Waals surface area contributed by atoms with Crippen LogP contribution in [0.3, 0.4) is 0 Å². The largest absolute Gasteiger partial charge is 0.241 e.